The van der Waals surface area contributed by atoms with Crippen molar-refractivity contribution >= 4 is 0 Å². The number of benzene rings is 1. The summed E-state index contributed by atoms with van der Waals surface area (Å²) in [4.78, 5) is 0. The van der Waals surface area contributed by atoms with E-state index >= 15 is 0 Å². The van der Waals surface area contributed by atoms with Crippen LogP contribution in [0.4, 0.5) is 0 Å². The highest BCUT2D eigenvalue weighted by atomic mass is 16.5. The fourth-order valence-corrected chi connectivity index (χ4v) is 2.31. The first-order valence-electron chi connectivity index (χ1n) is 6.64. The molecule has 3 heteroatoms. The summed E-state index contributed by atoms with van der Waals surface area (Å²) in [5.41, 5.74) is 1.73. The van der Waals surface area contributed by atoms with Gasteiger partial charge in [0, 0.05) is 18.7 Å². The molecule has 0 heterocycles. The van der Waals surface area contributed by atoms with Crippen LogP contribution < -0.4 is 14.8 Å². The van der Waals surface area contributed by atoms with Gasteiger partial charge in [-0.05, 0) is 42.9 Å². The molecule has 0 atom stereocenters. The standard InChI is InChI=1S/C15H23NO2/c1-4-15(7-8-15)11-16-10-12-9-13(17-2)5-6-14(12)18-3/h5-6,9,16H,4,7-8,10-11H2,1-3H3. The van der Waals surface area contributed by atoms with Crippen molar-refractivity contribution in [1.29, 1.82) is 0 Å². The van der Waals surface area contributed by atoms with Crippen molar-refractivity contribution in [2.45, 2.75) is 32.7 Å². The Morgan fingerprint density at radius 1 is 1.22 bits per heavy atom. The molecular weight excluding hydrogens is 226 g/mol. The molecule has 0 spiro atoms. The van der Waals surface area contributed by atoms with Gasteiger partial charge < -0.3 is 14.8 Å². The van der Waals surface area contributed by atoms with E-state index in [4.69, 9.17) is 9.47 Å². The largest absolute Gasteiger partial charge is 0.497 e. The third-order valence-electron chi connectivity index (χ3n) is 4.01. The van der Waals surface area contributed by atoms with Gasteiger partial charge in [0.2, 0.25) is 0 Å². The molecule has 0 aromatic heterocycles. The van der Waals surface area contributed by atoms with E-state index in [1.165, 1.54) is 19.3 Å². The normalized spacial score (nSPS) is 16.4. The van der Waals surface area contributed by atoms with Crippen LogP contribution in [0.15, 0.2) is 18.2 Å². The summed E-state index contributed by atoms with van der Waals surface area (Å²) in [5.74, 6) is 1.80. The Kier molecular flexibility index (Phi) is 4.12. The van der Waals surface area contributed by atoms with Gasteiger partial charge in [-0.25, -0.2) is 0 Å². The van der Waals surface area contributed by atoms with Crippen LogP contribution in [0.3, 0.4) is 0 Å². The molecule has 2 rings (SSSR count). The van der Waals surface area contributed by atoms with E-state index in [2.05, 4.69) is 12.2 Å². The average molecular weight is 249 g/mol. The number of ether oxygens (including phenoxy) is 2. The second-order valence-corrected chi connectivity index (χ2v) is 5.13. The van der Waals surface area contributed by atoms with Crippen LogP contribution in [-0.2, 0) is 6.54 Å². The molecule has 0 unspecified atom stereocenters. The number of rotatable bonds is 7. The van der Waals surface area contributed by atoms with Gasteiger partial charge in [-0.3, -0.25) is 0 Å². The van der Waals surface area contributed by atoms with Crippen molar-refractivity contribution in [2.75, 3.05) is 20.8 Å². The Bertz CT molecular complexity index is 399. The van der Waals surface area contributed by atoms with Crippen molar-refractivity contribution in [3.8, 4) is 11.5 Å². The number of nitrogens with one attached hydrogen (secondary N) is 1. The first kappa shape index (κ1) is 13.2. The highest BCUT2D eigenvalue weighted by Gasteiger charge is 2.39. The van der Waals surface area contributed by atoms with Gasteiger partial charge in [-0.15, -0.1) is 0 Å². The van der Waals surface area contributed by atoms with Crippen LogP contribution >= 0.6 is 0 Å². The monoisotopic (exact) mass is 249 g/mol. The quantitative estimate of drug-likeness (QED) is 0.806. The fraction of sp³-hybridized carbons (Fsp3) is 0.600. The van der Waals surface area contributed by atoms with Crippen LogP contribution in [0.25, 0.3) is 0 Å². The van der Waals surface area contributed by atoms with Crippen LogP contribution in [0.5, 0.6) is 11.5 Å². The molecule has 0 amide bonds. The van der Waals surface area contributed by atoms with Gasteiger partial charge in [0.05, 0.1) is 14.2 Å². The molecular formula is C15H23NO2. The molecule has 1 aromatic carbocycles. The second-order valence-electron chi connectivity index (χ2n) is 5.13. The molecule has 0 radical (unpaired) electrons. The molecule has 1 fully saturated rings. The third-order valence-corrected chi connectivity index (χ3v) is 4.01. The highest BCUT2D eigenvalue weighted by Crippen LogP contribution is 2.47. The Balaban J connectivity index is 1.94. The van der Waals surface area contributed by atoms with Gasteiger partial charge in [0.1, 0.15) is 11.5 Å². The van der Waals surface area contributed by atoms with Crippen LogP contribution in [-0.4, -0.2) is 20.8 Å². The molecule has 3 nitrogen and oxygen atoms in total. The molecule has 0 aliphatic heterocycles. The molecule has 1 aromatic rings. The van der Waals surface area contributed by atoms with E-state index in [-0.39, 0.29) is 0 Å². The average Bonchev–Trinajstić information content (AvgIpc) is 3.19. The van der Waals surface area contributed by atoms with E-state index in [0.717, 1.165) is 30.2 Å². The minimum absolute atomic E-state index is 0.575. The summed E-state index contributed by atoms with van der Waals surface area (Å²) in [6.07, 6.45) is 4.01. The molecule has 1 saturated carbocycles. The van der Waals surface area contributed by atoms with Gasteiger partial charge >= 0.3 is 0 Å². The minimum atomic E-state index is 0.575. The van der Waals surface area contributed by atoms with Crippen LogP contribution in [0, 0.1) is 5.41 Å². The second kappa shape index (κ2) is 5.61. The van der Waals surface area contributed by atoms with Crippen molar-refractivity contribution in [2.24, 2.45) is 5.41 Å². The number of hydrogen-bond acceptors (Lipinski definition) is 3. The lowest BCUT2D eigenvalue weighted by molar-refractivity contribution is 0.393. The SMILES string of the molecule is CCC1(CNCc2cc(OC)ccc2OC)CC1. The summed E-state index contributed by atoms with van der Waals surface area (Å²) in [7, 11) is 3.40. The van der Waals surface area contributed by atoms with E-state index in [1.807, 2.05) is 18.2 Å². The molecule has 0 saturated heterocycles. The van der Waals surface area contributed by atoms with E-state index in [1.54, 1.807) is 14.2 Å². The topological polar surface area (TPSA) is 30.5 Å². The van der Waals surface area contributed by atoms with Gasteiger partial charge in [-0.1, -0.05) is 6.92 Å². The van der Waals surface area contributed by atoms with Crippen LogP contribution in [0.1, 0.15) is 31.7 Å². The van der Waals surface area contributed by atoms with Crippen molar-refractivity contribution in [1.82, 2.24) is 5.32 Å². The van der Waals surface area contributed by atoms with Crippen molar-refractivity contribution in [3.05, 3.63) is 23.8 Å². The maximum Gasteiger partial charge on any atom is 0.123 e. The Labute approximate surface area is 109 Å². The third kappa shape index (κ3) is 2.96. The zero-order valence-corrected chi connectivity index (χ0v) is 11.6. The smallest absolute Gasteiger partial charge is 0.123 e. The lowest BCUT2D eigenvalue weighted by atomic mass is 10.0. The number of methoxy groups -OCH3 is 2. The van der Waals surface area contributed by atoms with Crippen molar-refractivity contribution < 1.29 is 9.47 Å². The lowest BCUT2D eigenvalue weighted by Gasteiger charge is -2.15. The van der Waals surface area contributed by atoms with Gasteiger partial charge in [0.15, 0.2) is 0 Å². The molecule has 0 bridgehead atoms. The zero-order valence-electron chi connectivity index (χ0n) is 11.6. The Morgan fingerprint density at radius 2 is 2.00 bits per heavy atom. The Morgan fingerprint density at radius 3 is 2.56 bits per heavy atom. The number of hydrogen-bond donors (Lipinski definition) is 1. The zero-order chi connectivity index (χ0) is 13.0. The maximum absolute atomic E-state index is 5.37. The van der Waals surface area contributed by atoms with Crippen molar-refractivity contribution in [3.63, 3.8) is 0 Å². The van der Waals surface area contributed by atoms with Crippen LogP contribution in [0.2, 0.25) is 0 Å². The van der Waals surface area contributed by atoms with Gasteiger partial charge in [-0.2, -0.15) is 0 Å². The molecule has 1 N–H and O–H groups in total. The summed E-state index contributed by atoms with van der Waals surface area (Å²) < 4.78 is 10.6. The summed E-state index contributed by atoms with van der Waals surface area (Å²) in [6.45, 7) is 4.22. The first-order chi connectivity index (χ1) is 8.73. The molecule has 1 aliphatic rings. The predicted octanol–water partition coefficient (Wildman–Crippen LogP) is 2.98. The summed E-state index contributed by atoms with van der Waals surface area (Å²) >= 11 is 0. The van der Waals surface area contributed by atoms with Gasteiger partial charge in [0.25, 0.3) is 0 Å². The predicted molar refractivity (Wildman–Crippen MR) is 73.2 cm³/mol. The molecule has 1 aliphatic carbocycles. The molecule has 18 heavy (non-hydrogen) atoms. The highest BCUT2D eigenvalue weighted by molar-refractivity contribution is 5.40. The maximum atomic E-state index is 5.37. The Hall–Kier alpha value is -1.22. The first-order valence-corrected chi connectivity index (χ1v) is 6.64. The summed E-state index contributed by atoms with van der Waals surface area (Å²) in [6, 6.07) is 5.93. The fourth-order valence-electron chi connectivity index (χ4n) is 2.31. The summed E-state index contributed by atoms with van der Waals surface area (Å²) in [5, 5.41) is 3.55. The molecule has 100 valence electrons. The lowest BCUT2D eigenvalue weighted by Crippen LogP contribution is -2.23. The van der Waals surface area contributed by atoms with E-state index < -0.39 is 0 Å². The van der Waals surface area contributed by atoms with E-state index in [9.17, 15) is 0 Å². The van der Waals surface area contributed by atoms with E-state index in [0.29, 0.717) is 5.41 Å². The minimum Gasteiger partial charge on any atom is -0.497 e.